The molecule has 9 heteroatoms. The number of hydrogen-bond donors (Lipinski definition) is 1. The van der Waals surface area contributed by atoms with Gasteiger partial charge in [0, 0.05) is 48.3 Å². The lowest BCUT2D eigenvalue weighted by Gasteiger charge is -2.40. The minimum absolute atomic E-state index is 0.102. The third-order valence-electron chi connectivity index (χ3n) is 7.93. The maximum Gasteiger partial charge on any atom is 0.253 e. The van der Waals surface area contributed by atoms with E-state index in [9.17, 15) is 4.79 Å². The Morgan fingerprint density at radius 3 is 2.55 bits per heavy atom. The molecule has 1 aliphatic heterocycles. The van der Waals surface area contributed by atoms with Gasteiger partial charge in [0.2, 0.25) is 0 Å². The Hall–Kier alpha value is -3.72. The standard InChI is InChI=1S/C29H35N7O2/c1-2-38-24-13-14-26-21(19-24)20-25(29(37)30-26)27(28-31-32-33-36(28)23-11-7-4-8-12-23)35-17-15-34(16-18-35)22-9-5-3-6-10-22/h3,5-6,9-10,13-14,19-20,23,27H,2,4,7-8,11-12,15-18H2,1H3,(H,30,37)/t27-/m0/s1. The van der Waals surface area contributed by atoms with Gasteiger partial charge in [0.15, 0.2) is 5.82 Å². The summed E-state index contributed by atoms with van der Waals surface area (Å²) in [6.45, 7) is 5.89. The average Bonchev–Trinajstić information content (AvgIpc) is 3.45. The first-order chi connectivity index (χ1) is 18.7. The Balaban J connectivity index is 1.39. The van der Waals surface area contributed by atoms with Crippen LogP contribution in [0.1, 0.15) is 62.5 Å². The van der Waals surface area contributed by atoms with Crippen molar-refractivity contribution in [1.82, 2.24) is 30.1 Å². The van der Waals surface area contributed by atoms with Gasteiger partial charge in [0.05, 0.1) is 12.6 Å². The van der Waals surface area contributed by atoms with Gasteiger partial charge in [-0.1, -0.05) is 37.5 Å². The Kier molecular flexibility index (Phi) is 7.09. The number of nitrogens with zero attached hydrogens (tertiary/aromatic N) is 6. The zero-order valence-electron chi connectivity index (χ0n) is 21.9. The van der Waals surface area contributed by atoms with Crippen molar-refractivity contribution in [1.29, 1.82) is 0 Å². The van der Waals surface area contributed by atoms with Crippen LogP contribution in [0.4, 0.5) is 5.69 Å². The predicted molar refractivity (Wildman–Crippen MR) is 148 cm³/mol. The summed E-state index contributed by atoms with van der Waals surface area (Å²) in [4.78, 5) is 21.5. The molecular weight excluding hydrogens is 478 g/mol. The van der Waals surface area contributed by atoms with Gasteiger partial charge in [-0.25, -0.2) is 4.68 Å². The van der Waals surface area contributed by atoms with Crippen molar-refractivity contribution < 1.29 is 4.74 Å². The SMILES string of the molecule is CCOc1ccc2[nH]c(=O)c([C@@H](c3nnnn3C3CCCCC3)N3CCN(c4ccccc4)CC3)cc2c1. The molecule has 0 spiro atoms. The molecule has 198 valence electrons. The molecule has 1 saturated heterocycles. The number of para-hydroxylation sites is 1. The van der Waals surface area contributed by atoms with E-state index >= 15 is 0 Å². The van der Waals surface area contributed by atoms with Crippen molar-refractivity contribution in [3.63, 3.8) is 0 Å². The van der Waals surface area contributed by atoms with Crippen LogP contribution >= 0.6 is 0 Å². The van der Waals surface area contributed by atoms with Crippen LogP contribution in [-0.2, 0) is 0 Å². The Morgan fingerprint density at radius 1 is 1.00 bits per heavy atom. The Morgan fingerprint density at radius 2 is 1.79 bits per heavy atom. The fraction of sp³-hybridized carbons (Fsp3) is 0.448. The smallest absolute Gasteiger partial charge is 0.253 e. The van der Waals surface area contributed by atoms with Gasteiger partial charge in [-0.3, -0.25) is 9.69 Å². The summed E-state index contributed by atoms with van der Waals surface area (Å²) >= 11 is 0. The van der Waals surface area contributed by atoms with Crippen LogP contribution < -0.4 is 15.2 Å². The zero-order chi connectivity index (χ0) is 25.9. The van der Waals surface area contributed by atoms with Crippen LogP contribution in [0.15, 0.2) is 59.4 Å². The number of hydrogen-bond acceptors (Lipinski definition) is 7. The lowest BCUT2D eigenvalue weighted by molar-refractivity contribution is 0.192. The highest BCUT2D eigenvalue weighted by molar-refractivity contribution is 5.80. The molecule has 0 amide bonds. The van der Waals surface area contributed by atoms with Gasteiger partial charge in [0.25, 0.3) is 5.56 Å². The highest BCUT2D eigenvalue weighted by Gasteiger charge is 2.34. The number of fused-ring (bicyclic) bond motifs is 1. The third-order valence-corrected chi connectivity index (χ3v) is 7.93. The molecule has 0 radical (unpaired) electrons. The predicted octanol–water partition coefficient (Wildman–Crippen LogP) is 4.33. The summed E-state index contributed by atoms with van der Waals surface area (Å²) < 4.78 is 7.75. The number of nitrogens with one attached hydrogen (secondary N) is 1. The van der Waals surface area contributed by atoms with Crippen molar-refractivity contribution in [3.8, 4) is 5.75 Å². The molecule has 1 N–H and O–H groups in total. The van der Waals surface area contributed by atoms with Crippen LogP contribution in [0.25, 0.3) is 10.9 Å². The molecule has 0 bridgehead atoms. The topological polar surface area (TPSA) is 92.2 Å². The first-order valence-corrected chi connectivity index (χ1v) is 13.8. The molecule has 2 fully saturated rings. The number of ether oxygens (including phenoxy) is 1. The van der Waals surface area contributed by atoms with Crippen LogP contribution in [-0.4, -0.2) is 62.9 Å². The summed E-state index contributed by atoms with van der Waals surface area (Å²) in [7, 11) is 0. The third kappa shape index (κ3) is 4.90. The normalized spacial score (nSPS) is 18.1. The number of anilines is 1. The first kappa shape index (κ1) is 24.6. The number of aromatic amines is 1. The minimum atomic E-state index is -0.339. The fourth-order valence-corrected chi connectivity index (χ4v) is 6.00. The first-order valence-electron chi connectivity index (χ1n) is 13.8. The summed E-state index contributed by atoms with van der Waals surface area (Å²) in [6, 6.07) is 18.2. The summed E-state index contributed by atoms with van der Waals surface area (Å²) in [5, 5.41) is 14.1. The van der Waals surface area contributed by atoms with Gasteiger partial charge in [-0.15, -0.1) is 5.10 Å². The molecule has 2 aromatic heterocycles. The van der Waals surface area contributed by atoms with Crippen LogP contribution in [0.5, 0.6) is 5.75 Å². The second kappa shape index (κ2) is 10.9. The highest BCUT2D eigenvalue weighted by atomic mass is 16.5. The van der Waals surface area contributed by atoms with Crippen LogP contribution in [0.2, 0.25) is 0 Å². The van der Waals surface area contributed by atoms with Gasteiger partial charge in [-0.05, 0) is 66.6 Å². The van der Waals surface area contributed by atoms with Gasteiger partial charge in [0.1, 0.15) is 11.8 Å². The number of tetrazole rings is 1. The number of pyridine rings is 1. The number of rotatable bonds is 7. The molecule has 2 aliphatic rings. The molecule has 3 heterocycles. The van der Waals surface area contributed by atoms with E-state index in [1.807, 2.05) is 41.9 Å². The van der Waals surface area contributed by atoms with E-state index in [1.165, 1.54) is 24.9 Å². The molecule has 9 nitrogen and oxygen atoms in total. The summed E-state index contributed by atoms with van der Waals surface area (Å²) in [5.74, 6) is 1.55. The van der Waals surface area contributed by atoms with E-state index in [0.717, 1.165) is 61.5 Å². The van der Waals surface area contributed by atoms with Gasteiger partial charge >= 0.3 is 0 Å². The molecule has 6 rings (SSSR count). The van der Waals surface area contributed by atoms with Gasteiger partial charge < -0.3 is 14.6 Å². The second-order valence-corrected chi connectivity index (χ2v) is 10.3. The zero-order valence-corrected chi connectivity index (χ0v) is 21.9. The minimum Gasteiger partial charge on any atom is -0.494 e. The average molecular weight is 514 g/mol. The van der Waals surface area contributed by atoms with E-state index in [0.29, 0.717) is 12.2 Å². The molecule has 2 aromatic carbocycles. The van der Waals surface area contributed by atoms with Crippen molar-refractivity contribution in [2.45, 2.75) is 51.1 Å². The van der Waals surface area contributed by atoms with Crippen molar-refractivity contribution in [2.24, 2.45) is 0 Å². The molecule has 38 heavy (non-hydrogen) atoms. The highest BCUT2D eigenvalue weighted by Crippen LogP contribution is 2.34. The second-order valence-electron chi connectivity index (χ2n) is 10.3. The summed E-state index contributed by atoms with van der Waals surface area (Å²) in [5.41, 5.74) is 2.59. The van der Waals surface area contributed by atoms with Crippen LogP contribution in [0.3, 0.4) is 0 Å². The van der Waals surface area contributed by atoms with Crippen molar-refractivity contribution in [3.05, 3.63) is 76.3 Å². The van der Waals surface area contributed by atoms with Crippen molar-refractivity contribution >= 4 is 16.6 Å². The van der Waals surface area contributed by atoms with E-state index in [-0.39, 0.29) is 17.6 Å². The monoisotopic (exact) mass is 513 g/mol. The van der Waals surface area contributed by atoms with E-state index in [2.05, 4.69) is 54.6 Å². The van der Waals surface area contributed by atoms with E-state index in [4.69, 9.17) is 4.74 Å². The van der Waals surface area contributed by atoms with Gasteiger partial charge in [-0.2, -0.15) is 0 Å². The van der Waals surface area contributed by atoms with E-state index < -0.39 is 0 Å². The maximum absolute atomic E-state index is 13.6. The fourth-order valence-electron chi connectivity index (χ4n) is 6.00. The number of H-pyrrole nitrogens is 1. The Bertz CT molecular complexity index is 1420. The largest absolute Gasteiger partial charge is 0.494 e. The Labute approximate surface area is 222 Å². The molecular formula is C29H35N7O2. The number of aromatic nitrogens is 5. The van der Waals surface area contributed by atoms with E-state index in [1.54, 1.807) is 0 Å². The maximum atomic E-state index is 13.6. The molecule has 0 unspecified atom stereocenters. The molecule has 4 aromatic rings. The molecule has 1 aliphatic carbocycles. The molecule has 1 saturated carbocycles. The lowest BCUT2D eigenvalue weighted by atomic mass is 9.95. The molecule has 1 atom stereocenters. The van der Waals surface area contributed by atoms with Crippen molar-refractivity contribution in [2.75, 3.05) is 37.7 Å². The number of benzene rings is 2. The van der Waals surface area contributed by atoms with Crippen LogP contribution in [0, 0.1) is 0 Å². The summed E-state index contributed by atoms with van der Waals surface area (Å²) in [6.07, 6.45) is 5.75. The quantitative estimate of drug-likeness (QED) is 0.393. The number of piperazine rings is 1. The lowest BCUT2D eigenvalue weighted by Crippen LogP contribution is -2.49.